The molecule has 104 valence electrons. The molecule has 1 aromatic rings. The molecule has 0 aliphatic heterocycles. The summed E-state index contributed by atoms with van der Waals surface area (Å²) < 4.78 is 10.7. The molecule has 4 nitrogen and oxygen atoms in total. The summed E-state index contributed by atoms with van der Waals surface area (Å²) in [6, 6.07) is 10.1. The van der Waals surface area contributed by atoms with Crippen molar-refractivity contribution in [2.24, 2.45) is 0 Å². The predicted molar refractivity (Wildman–Crippen MR) is 72.8 cm³/mol. The molecule has 1 N–H and O–H groups in total. The number of ether oxygens (including phenoxy) is 2. The first-order chi connectivity index (χ1) is 9.29. The van der Waals surface area contributed by atoms with Crippen LogP contribution in [-0.4, -0.2) is 24.8 Å². The monoisotopic (exact) mass is 263 g/mol. The van der Waals surface area contributed by atoms with E-state index in [1.807, 2.05) is 30.3 Å². The van der Waals surface area contributed by atoms with Gasteiger partial charge in [0.2, 0.25) is 0 Å². The van der Waals surface area contributed by atoms with Crippen molar-refractivity contribution < 1.29 is 14.3 Å². The molecule has 0 spiro atoms. The van der Waals surface area contributed by atoms with Crippen molar-refractivity contribution in [3.8, 4) is 0 Å². The van der Waals surface area contributed by atoms with Crippen LogP contribution < -0.4 is 5.32 Å². The predicted octanol–water partition coefficient (Wildman–Crippen LogP) is 2.87. The topological polar surface area (TPSA) is 47.6 Å². The fourth-order valence-electron chi connectivity index (χ4n) is 1.79. The van der Waals surface area contributed by atoms with Gasteiger partial charge in [0.15, 0.2) is 0 Å². The fourth-order valence-corrected chi connectivity index (χ4v) is 1.79. The quantitative estimate of drug-likeness (QED) is 0.769. The van der Waals surface area contributed by atoms with Crippen molar-refractivity contribution >= 4 is 6.09 Å². The van der Waals surface area contributed by atoms with Crippen LogP contribution in [0.25, 0.3) is 0 Å². The summed E-state index contributed by atoms with van der Waals surface area (Å²) in [6.07, 6.45) is 2.60. The highest BCUT2D eigenvalue weighted by Crippen LogP contribution is 2.26. The summed E-state index contributed by atoms with van der Waals surface area (Å²) in [5.74, 6) is 0. The van der Waals surface area contributed by atoms with Gasteiger partial charge in [-0.15, -0.1) is 0 Å². The van der Waals surface area contributed by atoms with Gasteiger partial charge in [0, 0.05) is 0 Å². The molecular formula is C15H21NO3. The lowest BCUT2D eigenvalue weighted by molar-refractivity contribution is 0.0956. The maximum absolute atomic E-state index is 11.4. The van der Waals surface area contributed by atoms with Crippen LogP contribution in [-0.2, 0) is 16.1 Å². The first-order valence-electron chi connectivity index (χ1n) is 6.88. The van der Waals surface area contributed by atoms with Crippen LogP contribution in [0.1, 0.15) is 31.7 Å². The van der Waals surface area contributed by atoms with Crippen LogP contribution >= 0.6 is 0 Å². The molecular weight excluding hydrogens is 242 g/mol. The van der Waals surface area contributed by atoms with Gasteiger partial charge in [0.05, 0.1) is 25.4 Å². The molecule has 0 saturated heterocycles. The molecule has 0 heterocycles. The van der Waals surface area contributed by atoms with E-state index in [0.717, 1.165) is 24.8 Å². The highest BCUT2D eigenvalue weighted by molar-refractivity contribution is 5.68. The number of nitrogens with one attached hydrogen (secondary N) is 1. The van der Waals surface area contributed by atoms with Crippen molar-refractivity contribution in [2.75, 3.05) is 6.61 Å². The molecule has 4 heteroatoms. The van der Waals surface area contributed by atoms with Gasteiger partial charge in [-0.3, -0.25) is 0 Å². The van der Waals surface area contributed by atoms with E-state index in [0.29, 0.717) is 13.2 Å². The standard InChI is InChI=1S/C15H21NO3/c1-2-3-9-18-15(17)16-13-10-14(13)19-11-12-7-5-4-6-8-12/h4-8,13-14H,2-3,9-11H2,1H3,(H,16,17). The van der Waals surface area contributed by atoms with Crippen molar-refractivity contribution in [3.63, 3.8) is 0 Å². The number of alkyl carbamates (subject to hydrolysis) is 1. The summed E-state index contributed by atoms with van der Waals surface area (Å²) in [7, 11) is 0. The third-order valence-electron chi connectivity index (χ3n) is 3.07. The van der Waals surface area contributed by atoms with Crippen molar-refractivity contribution in [2.45, 2.75) is 44.9 Å². The van der Waals surface area contributed by atoms with E-state index >= 15 is 0 Å². The number of benzene rings is 1. The number of carbonyl (C=O) groups excluding carboxylic acids is 1. The minimum Gasteiger partial charge on any atom is -0.450 e. The normalized spacial score (nSPS) is 20.9. The van der Waals surface area contributed by atoms with Gasteiger partial charge in [-0.05, 0) is 18.4 Å². The molecule has 0 radical (unpaired) electrons. The molecule has 19 heavy (non-hydrogen) atoms. The molecule has 0 aromatic heterocycles. The van der Waals surface area contributed by atoms with E-state index in [9.17, 15) is 4.79 Å². The molecule has 2 rings (SSSR count). The second-order valence-corrected chi connectivity index (χ2v) is 4.81. The van der Waals surface area contributed by atoms with E-state index in [1.165, 1.54) is 0 Å². The Morgan fingerprint density at radius 2 is 2.16 bits per heavy atom. The maximum atomic E-state index is 11.4. The number of carbonyl (C=O) groups is 1. The van der Waals surface area contributed by atoms with Crippen molar-refractivity contribution in [3.05, 3.63) is 35.9 Å². The Hall–Kier alpha value is -1.55. The summed E-state index contributed by atoms with van der Waals surface area (Å²) in [6.45, 7) is 3.15. The van der Waals surface area contributed by atoms with Crippen LogP contribution in [0.15, 0.2) is 30.3 Å². The van der Waals surface area contributed by atoms with Crippen LogP contribution in [0, 0.1) is 0 Å². The van der Waals surface area contributed by atoms with Crippen molar-refractivity contribution in [1.82, 2.24) is 5.32 Å². The van der Waals surface area contributed by atoms with Gasteiger partial charge in [-0.2, -0.15) is 0 Å². The molecule has 0 bridgehead atoms. The number of hydrogen-bond donors (Lipinski definition) is 1. The zero-order valence-corrected chi connectivity index (χ0v) is 11.3. The lowest BCUT2D eigenvalue weighted by Gasteiger charge is -2.06. The number of rotatable bonds is 7. The summed E-state index contributed by atoms with van der Waals surface area (Å²) in [4.78, 5) is 11.4. The maximum Gasteiger partial charge on any atom is 0.407 e. The first kappa shape index (κ1) is 13.9. The van der Waals surface area contributed by atoms with Gasteiger partial charge in [-0.1, -0.05) is 43.7 Å². The summed E-state index contributed by atoms with van der Waals surface area (Å²) in [5.41, 5.74) is 1.15. The smallest absolute Gasteiger partial charge is 0.407 e. The highest BCUT2D eigenvalue weighted by atomic mass is 16.5. The van der Waals surface area contributed by atoms with Gasteiger partial charge in [-0.25, -0.2) is 4.79 Å². The minimum atomic E-state index is -0.329. The van der Waals surface area contributed by atoms with Gasteiger partial charge < -0.3 is 14.8 Å². The third kappa shape index (κ3) is 4.91. The van der Waals surface area contributed by atoms with Crippen LogP contribution in [0.2, 0.25) is 0 Å². The summed E-state index contributed by atoms with van der Waals surface area (Å²) in [5, 5.41) is 2.81. The lowest BCUT2D eigenvalue weighted by atomic mass is 10.2. The Morgan fingerprint density at radius 3 is 2.89 bits per heavy atom. The molecule has 1 fully saturated rings. The second kappa shape index (κ2) is 7.14. The van der Waals surface area contributed by atoms with Crippen LogP contribution in [0.4, 0.5) is 4.79 Å². The summed E-state index contributed by atoms with van der Waals surface area (Å²) >= 11 is 0. The first-order valence-corrected chi connectivity index (χ1v) is 6.88. The fraction of sp³-hybridized carbons (Fsp3) is 0.533. The molecule has 1 aliphatic rings. The SMILES string of the molecule is CCCCOC(=O)NC1CC1OCc1ccccc1. The molecule has 1 aliphatic carbocycles. The number of hydrogen-bond acceptors (Lipinski definition) is 3. The van der Waals surface area contributed by atoms with Gasteiger partial charge >= 0.3 is 6.09 Å². The Bertz CT molecular complexity index is 394. The number of unbranched alkanes of at least 4 members (excludes halogenated alkanes) is 1. The Kier molecular flexibility index (Phi) is 5.21. The molecule has 1 saturated carbocycles. The van der Waals surface area contributed by atoms with Gasteiger partial charge in [0.25, 0.3) is 0 Å². The second-order valence-electron chi connectivity index (χ2n) is 4.81. The van der Waals surface area contributed by atoms with Crippen molar-refractivity contribution in [1.29, 1.82) is 0 Å². The zero-order valence-electron chi connectivity index (χ0n) is 11.3. The molecule has 1 aromatic carbocycles. The lowest BCUT2D eigenvalue weighted by Crippen LogP contribution is -2.29. The third-order valence-corrected chi connectivity index (χ3v) is 3.07. The largest absolute Gasteiger partial charge is 0.450 e. The van der Waals surface area contributed by atoms with Crippen LogP contribution in [0.3, 0.4) is 0 Å². The van der Waals surface area contributed by atoms with E-state index in [-0.39, 0.29) is 18.2 Å². The average Bonchev–Trinajstić information content (AvgIpc) is 3.16. The van der Waals surface area contributed by atoms with E-state index in [4.69, 9.17) is 9.47 Å². The minimum absolute atomic E-state index is 0.109. The Labute approximate surface area is 114 Å². The van der Waals surface area contributed by atoms with E-state index < -0.39 is 0 Å². The zero-order chi connectivity index (χ0) is 13.5. The van der Waals surface area contributed by atoms with Crippen LogP contribution in [0.5, 0.6) is 0 Å². The highest BCUT2D eigenvalue weighted by Gasteiger charge is 2.39. The number of amides is 1. The average molecular weight is 263 g/mol. The Morgan fingerprint density at radius 1 is 1.37 bits per heavy atom. The molecule has 2 unspecified atom stereocenters. The van der Waals surface area contributed by atoms with E-state index in [2.05, 4.69) is 12.2 Å². The van der Waals surface area contributed by atoms with Gasteiger partial charge in [0.1, 0.15) is 0 Å². The molecule has 1 amide bonds. The van der Waals surface area contributed by atoms with E-state index in [1.54, 1.807) is 0 Å². The molecule has 2 atom stereocenters. The Balaban J connectivity index is 1.58.